The third kappa shape index (κ3) is 5.57. The summed E-state index contributed by atoms with van der Waals surface area (Å²) in [5.41, 5.74) is 2.95. The van der Waals surface area contributed by atoms with Crippen LogP contribution in [0, 0.1) is 6.92 Å². The summed E-state index contributed by atoms with van der Waals surface area (Å²) in [6, 6.07) is 8.88. The molecule has 1 heterocycles. The van der Waals surface area contributed by atoms with Crippen molar-refractivity contribution in [3.63, 3.8) is 0 Å². The molecule has 2 aromatic carbocycles. The number of carbonyl (C=O) groups excluding carboxylic acids is 2. The van der Waals surface area contributed by atoms with Gasteiger partial charge in [0.05, 0.1) is 43.7 Å². The highest BCUT2D eigenvalue weighted by Crippen LogP contribution is 2.30. The van der Waals surface area contributed by atoms with E-state index in [2.05, 4.69) is 26.1 Å². The number of nitrogens with zero attached hydrogens (tertiary/aromatic N) is 1. The van der Waals surface area contributed by atoms with Crippen molar-refractivity contribution in [2.24, 2.45) is 0 Å². The van der Waals surface area contributed by atoms with Crippen molar-refractivity contribution in [1.82, 2.24) is 0 Å². The molecule has 0 saturated carbocycles. The number of benzene rings is 2. The van der Waals surface area contributed by atoms with Crippen LogP contribution in [0.4, 0.5) is 11.4 Å². The number of ether oxygens (including phenoxy) is 3. The third-order valence-corrected chi connectivity index (χ3v) is 5.41. The maximum Gasteiger partial charge on any atom is 0.340 e. The van der Waals surface area contributed by atoms with Gasteiger partial charge in [0, 0.05) is 23.2 Å². The Hall–Kier alpha value is -2.58. The van der Waals surface area contributed by atoms with Gasteiger partial charge in [-0.05, 0) is 49.2 Å². The zero-order valence-electron chi connectivity index (χ0n) is 18.0. The Labute approximate surface area is 190 Å². The summed E-state index contributed by atoms with van der Waals surface area (Å²) in [7, 11) is 1.53. The van der Waals surface area contributed by atoms with Crippen LogP contribution in [-0.2, 0) is 9.47 Å². The highest BCUT2D eigenvalue weighted by Gasteiger charge is 2.22. The van der Waals surface area contributed by atoms with E-state index in [0.717, 1.165) is 22.1 Å². The smallest absolute Gasteiger partial charge is 0.340 e. The molecule has 31 heavy (non-hydrogen) atoms. The number of esters is 1. The lowest BCUT2D eigenvalue weighted by Crippen LogP contribution is -2.37. The molecule has 0 aliphatic carbocycles. The quantitative estimate of drug-likeness (QED) is 0.578. The summed E-state index contributed by atoms with van der Waals surface area (Å²) >= 11 is 3.43. The Balaban J connectivity index is 1.91. The van der Waals surface area contributed by atoms with Gasteiger partial charge < -0.3 is 24.4 Å². The SMILES string of the molecule is CCCOC(=O)c1cc(NC(=O)c2cc(Br)cc(C)c2OC)ccc1N1CCOCC1. The first kappa shape index (κ1) is 23.1. The van der Waals surface area contributed by atoms with Crippen LogP contribution in [0.1, 0.15) is 39.6 Å². The maximum atomic E-state index is 13.0. The second-order valence-electron chi connectivity index (χ2n) is 7.22. The van der Waals surface area contributed by atoms with Gasteiger partial charge in [-0.25, -0.2) is 4.79 Å². The van der Waals surface area contributed by atoms with Crippen molar-refractivity contribution < 1.29 is 23.8 Å². The van der Waals surface area contributed by atoms with Crippen LogP contribution in [0.5, 0.6) is 5.75 Å². The molecule has 2 aromatic rings. The fraction of sp³-hybridized carbons (Fsp3) is 0.391. The molecule has 1 fully saturated rings. The molecular weight excluding hydrogens is 464 g/mol. The van der Waals surface area contributed by atoms with E-state index in [-0.39, 0.29) is 5.91 Å². The number of morpholine rings is 1. The van der Waals surface area contributed by atoms with Gasteiger partial charge >= 0.3 is 5.97 Å². The van der Waals surface area contributed by atoms with Crippen molar-refractivity contribution in [3.8, 4) is 5.75 Å². The summed E-state index contributed by atoms with van der Waals surface area (Å²) in [5, 5.41) is 2.88. The number of amides is 1. The molecule has 166 valence electrons. The topological polar surface area (TPSA) is 77.1 Å². The fourth-order valence-corrected chi connectivity index (χ4v) is 4.07. The molecule has 0 aromatic heterocycles. The normalized spacial score (nSPS) is 13.6. The van der Waals surface area contributed by atoms with E-state index in [1.54, 1.807) is 18.2 Å². The van der Waals surface area contributed by atoms with Crippen LogP contribution in [0.2, 0.25) is 0 Å². The summed E-state index contributed by atoms with van der Waals surface area (Å²) in [4.78, 5) is 27.8. The van der Waals surface area contributed by atoms with Crippen LogP contribution in [-0.4, -0.2) is 51.9 Å². The summed E-state index contributed by atoms with van der Waals surface area (Å²) in [5.74, 6) is -0.225. The Kier molecular flexibility index (Phi) is 7.92. The monoisotopic (exact) mass is 490 g/mol. The first-order valence-corrected chi connectivity index (χ1v) is 11.0. The molecule has 1 aliphatic heterocycles. The average molecular weight is 491 g/mol. The van der Waals surface area contributed by atoms with E-state index in [0.29, 0.717) is 55.5 Å². The highest BCUT2D eigenvalue weighted by molar-refractivity contribution is 9.10. The van der Waals surface area contributed by atoms with Gasteiger partial charge in [0.2, 0.25) is 0 Å². The molecular formula is C23H27BrN2O5. The molecule has 8 heteroatoms. The number of carbonyl (C=O) groups is 2. The van der Waals surface area contributed by atoms with E-state index in [1.165, 1.54) is 7.11 Å². The largest absolute Gasteiger partial charge is 0.496 e. The van der Waals surface area contributed by atoms with Crippen LogP contribution in [0.15, 0.2) is 34.8 Å². The van der Waals surface area contributed by atoms with E-state index < -0.39 is 5.97 Å². The van der Waals surface area contributed by atoms with Gasteiger partial charge in [-0.1, -0.05) is 22.9 Å². The molecule has 0 unspecified atom stereocenters. The molecule has 0 spiro atoms. The zero-order chi connectivity index (χ0) is 22.4. The van der Waals surface area contributed by atoms with Gasteiger partial charge in [0.25, 0.3) is 5.91 Å². The summed E-state index contributed by atoms with van der Waals surface area (Å²) in [6.07, 6.45) is 0.733. The Morgan fingerprint density at radius 3 is 2.58 bits per heavy atom. The first-order valence-electron chi connectivity index (χ1n) is 10.2. The van der Waals surface area contributed by atoms with Crippen LogP contribution in [0.25, 0.3) is 0 Å². The summed E-state index contributed by atoms with van der Waals surface area (Å²) in [6.45, 7) is 6.74. The van der Waals surface area contributed by atoms with Gasteiger partial charge in [-0.2, -0.15) is 0 Å². The second-order valence-corrected chi connectivity index (χ2v) is 8.14. The van der Waals surface area contributed by atoms with Crippen molar-refractivity contribution in [3.05, 3.63) is 51.5 Å². The van der Waals surface area contributed by atoms with Crippen LogP contribution in [0.3, 0.4) is 0 Å². The molecule has 0 atom stereocenters. The molecule has 1 saturated heterocycles. The number of rotatable bonds is 7. The molecule has 1 amide bonds. The van der Waals surface area contributed by atoms with Gasteiger partial charge in [0.1, 0.15) is 5.75 Å². The lowest BCUT2D eigenvalue weighted by atomic mass is 10.1. The number of anilines is 2. The predicted octanol–water partition coefficient (Wildman–Crippen LogP) is 4.42. The number of nitrogens with one attached hydrogen (secondary N) is 1. The Morgan fingerprint density at radius 1 is 1.16 bits per heavy atom. The van der Waals surface area contributed by atoms with E-state index in [4.69, 9.17) is 14.2 Å². The minimum Gasteiger partial charge on any atom is -0.496 e. The van der Waals surface area contributed by atoms with Crippen molar-refractivity contribution in [2.75, 3.05) is 50.2 Å². The van der Waals surface area contributed by atoms with Crippen LogP contribution >= 0.6 is 15.9 Å². The molecule has 7 nitrogen and oxygen atoms in total. The number of halogens is 1. The average Bonchev–Trinajstić information content (AvgIpc) is 2.77. The minimum absolute atomic E-state index is 0.326. The molecule has 1 aliphatic rings. The highest BCUT2D eigenvalue weighted by atomic mass is 79.9. The second kappa shape index (κ2) is 10.6. The number of hydrogen-bond donors (Lipinski definition) is 1. The minimum atomic E-state index is -0.407. The number of methoxy groups -OCH3 is 1. The lowest BCUT2D eigenvalue weighted by Gasteiger charge is -2.30. The Bertz CT molecular complexity index is 957. The van der Waals surface area contributed by atoms with E-state index in [9.17, 15) is 9.59 Å². The van der Waals surface area contributed by atoms with Gasteiger partial charge in [-0.15, -0.1) is 0 Å². The Morgan fingerprint density at radius 2 is 1.90 bits per heavy atom. The predicted molar refractivity (Wildman–Crippen MR) is 123 cm³/mol. The number of aryl methyl sites for hydroxylation is 1. The van der Waals surface area contributed by atoms with E-state index >= 15 is 0 Å². The van der Waals surface area contributed by atoms with E-state index in [1.807, 2.05) is 26.0 Å². The van der Waals surface area contributed by atoms with Crippen LogP contribution < -0.4 is 15.0 Å². The number of hydrogen-bond acceptors (Lipinski definition) is 6. The maximum absolute atomic E-state index is 13.0. The third-order valence-electron chi connectivity index (χ3n) is 4.95. The van der Waals surface area contributed by atoms with Crippen molar-refractivity contribution in [1.29, 1.82) is 0 Å². The zero-order valence-corrected chi connectivity index (χ0v) is 19.6. The lowest BCUT2D eigenvalue weighted by molar-refractivity contribution is 0.0504. The first-order chi connectivity index (χ1) is 14.9. The van der Waals surface area contributed by atoms with Crippen molar-refractivity contribution in [2.45, 2.75) is 20.3 Å². The molecule has 1 N–H and O–H groups in total. The molecule has 0 bridgehead atoms. The van der Waals surface area contributed by atoms with Gasteiger partial charge in [-0.3, -0.25) is 4.79 Å². The van der Waals surface area contributed by atoms with Gasteiger partial charge in [0.15, 0.2) is 0 Å². The summed E-state index contributed by atoms with van der Waals surface area (Å²) < 4.78 is 17.0. The van der Waals surface area contributed by atoms with Crippen molar-refractivity contribution >= 4 is 39.2 Å². The fourth-order valence-electron chi connectivity index (χ4n) is 3.50. The molecule has 3 rings (SSSR count). The standard InChI is InChI=1S/C23H27BrN2O5/c1-4-9-31-23(28)18-14-17(5-6-20(18)26-7-10-30-11-8-26)25-22(27)19-13-16(24)12-15(2)21(19)29-3/h5-6,12-14H,4,7-11H2,1-3H3,(H,25,27). The molecule has 0 radical (unpaired) electrons.